The van der Waals surface area contributed by atoms with Crippen molar-refractivity contribution in [1.82, 2.24) is 20.1 Å². The molecule has 2 aromatic carbocycles. The van der Waals surface area contributed by atoms with Gasteiger partial charge in [-0.3, -0.25) is 4.79 Å². The monoisotopic (exact) mass is 439 g/mol. The number of nitrogens with zero attached hydrogens (tertiary/aromatic N) is 4. The first kappa shape index (κ1) is 20.2. The average molecular weight is 440 g/mol. The Hall–Kier alpha value is -3.41. The SMILES string of the molecule is Cc1nnc(N2CCC3(CCCN(Cc4c[nH]c5ccccc45)C3=O)CC2)c2ccccc12. The number of hydrogen-bond acceptors (Lipinski definition) is 4. The second-order valence-corrected chi connectivity index (χ2v) is 9.61. The molecule has 1 spiro atoms. The van der Waals surface area contributed by atoms with Gasteiger partial charge in [0.05, 0.1) is 11.1 Å². The standard InChI is InChI=1S/C27H29N5O/c1-19-21-7-2-3-9-23(21)25(30-29-19)31-15-12-27(13-16-31)11-6-14-32(26(27)33)18-20-17-28-24-10-5-4-8-22(20)24/h2-5,7-10,17,28H,6,11-16,18H2,1H3. The molecule has 2 aliphatic heterocycles. The number of amides is 1. The highest BCUT2D eigenvalue weighted by molar-refractivity contribution is 5.93. The lowest BCUT2D eigenvalue weighted by Crippen LogP contribution is -2.53. The molecule has 2 saturated heterocycles. The minimum absolute atomic E-state index is 0.241. The first-order chi connectivity index (χ1) is 16.1. The molecule has 6 nitrogen and oxygen atoms in total. The molecule has 2 aliphatic rings. The first-order valence-electron chi connectivity index (χ1n) is 12.0. The molecule has 33 heavy (non-hydrogen) atoms. The smallest absolute Gasteiger partial charge is 0.229 e. The molecule has 1 N–H and O–H groups in total. The molecule has 0 atom stereocenters. The van der Waals surface area contributed by atoms with E-state index in [-0.39, 0.29) is 5.41 Å². The minimum Gasteiger partial charge on any atom is -0.361 e. The van der Waals surface area contributed by atoms with Crippen LogP contribution in [0.15, 0.2) is 54.7 Å². The van der Waals surface area contributed by atoms with E-state index in [0.717, 1.165) is 73.1 Å². The Balaban J connectivity index is 1.21. The minimum atomic E-state index is -0.241. The van der Waals surface area contributed by atoms with Gasteiger partial charge >= 0.3 is 0 Å². The van der Waals surface area contributed by atoms with E-state index in [2.05, 4.69) is 73.6 Å². The van der Waals surface area contributed by atoms with E-state index in [9.17, 15) is 4.79 Å². The Morgan fingerprint density at radius 3 is 2.45 bits per heavy atom. The van der Waals surface area contributed by atoms with Crippen molar-refractivity contribution in [2.24, 2.45) is 5.41 Å². The Morgan fingerprint density at radius 2 is 1.64 bits per heavy atom. The third-order valence-corrected chi connectivity index (χ3v) is 7.73. The number of benzene rings is 2. The number of nitrogens with one attached hydrogen (secondary N) is 1. The normalized spacial score (nSPS) is 18.5. The molecule has 2 fully saturated rings. The lowest BCUT2D eigenvalue weighted by Gasteiger charge is -2.46. The molecular weight excluding hydrogens is 410 g/mol. The molecule has 0 radical (unpaired) electrons. The van der Waals surface area contributed by atoms with Crippen LogP contribution in [-0.4, -0.2) is 45.6 Å². The maximum Gasteiger partial charge on any atom is 0.229 e. The fourth-order valence-electron chi connectivity index (χ4n) is 5.84. The van der Waals surface area contributed by atoms with Gasteiger partial charge in [-0.2, -0.15) is 5.10 Å². The fourth-order valence-corrected chi connectivity index (χ4v) is 5.84. The number of aromatic amines is 1. The molecular formula is C27H29N5O. The summed E-state index contributed by atoms with van der Waals surface area (Å²) in [5, 5.41) is 12.5. The average Bonchev–Trinajstić information content (AvgIpc) is 3.26. The summed E-state index contributed by atoms with van der Waals surface area (Å²) in [4.78, 5) is 21.5. The zero-order chi connectivity index (χ0) is 22.4. The second kappa shape index (κ2) is 7.87. The van der Waals surface area contributed by atoms with E-state index in [1.807, 2.05) is 13.0 Å². The van der Waals surface area contributed by atoms with Gasteiger partial charge in [0.1, 0.15) is 0 Å². The molecule has 0 saturated carbocycles. The van der Waals surface area contributed by atoms with Crippen LogP contribution in [0.4, 0.5) is 5.82 Å². The van der Waals surface area contributed by atoms with Crippen molar-refractivity contribution in [1.29, 1.82) is 0 Å². The van der Waals surface area contributed by atoms with Gasteiger partial charge in [0.15, 0.2) is 5.82 Å². The second-order valence-electron chi connectivity index (χ2n) is 9.61. The summed E-state index contributed by atoms with van der Waals surface area (Å²) < 4.78 is 0. The Bertz CT molecular complexity index is 1330. The van der Waals surface area contributed by atoms with E-state index >= 15 is 0 Å². The van der Waals surface area contributed by atoms with Crippen LogP contribution >= 0.6 is 0 Å². The van der Waals surface area contributed by atoms with Crippen LogP contribution < -0.4 is 4.90 Å². The highest BCUT2D eigenvalue weighted by Gasteiger charge is 2.46. The summed E-state index contributed by atoms with van der Waals surface area (Å²) in [6.45, 7) is 5.22. The number of hydrogen-bond donors (Lipinski definition) is 1. The molecule has 0 unspecified atom stereocenters. The number of anilines is 1. The highest BCUT2D eigenvalue weighted by atomic mass is 16.2. The topological polar surface area (TPSA) is 65.1 Å². The van der Waals surface area contributed by atoms with Gasteiger partial charge in [-0.15, -0.1) is 5.10 Å². The molecule has 6 heteroatoms. The Labute approximate surface area is 193 Å². The van der Waals surface area contributed by atoms with Gasteiger partial charge in [-0.1, -0.05) is 42.5 Å². The molecule has 4 aromatic rings. The number of aromatic nitrogens is 3. The van der Waals surface area contributed by atoms with Crippen LogP contribution in [0.25, 0.3) is 21.7 Å². The highest BCUT2D eigenvalue weighted by Crippen LogP contribution is 2.43. The largest absolute Gasteiger partial charge is 0.361 e. The molecule has 0 bridgehead atoms. The molecule has 2 aromatic heterocycles. The number of fused-ring (bicyclic) bond motifs is 2. The van der Waals surface area contributed by atoms with Crippen LogP contribution in [0.2, 0.25) is 0 Å². The van der Waals surface area contributed by atoms with Crippen molar-refractivity contribution in [2.45, 2.75) is 39.2 Å². The third-order valence-electron chi connectivity index (χ3n) is 7.73. The zero-order valence-corrected chi connectivity index (χ0v) is 19.1. The van der Waals surface area contributed by atoms with Gasteiger partial charge in [0, 0.05) is 54.1 Å². The van der Waals surface area contributed by atoms with Crippen molar-refractivity contribution in [2.75, 3.05) is 24.5 Å². The molecule has 0 aliphatic carbocycles. The summed E-state index contributed by atoms with van der Waals surface area (Å²) in [7, 11) is 0. The van der Waals surface area contributed by atoms with Crippen molar-refractivity contribution in [3.8, 4) is 0 Å². The molecule has 1 amide bonds. The van der Waals surface area contributed by atoms with Gasteiger partial charge in [0.2, 0.25) is 5.91 Å². The summed E-state index contributed by atoms with van der Waals surface area (Å²) in [6, 6.07) is 16.7. The van der Waals surface area contributed by atoms with Gasteiger partial charge in [-0.05, 0) is 44.2 Å². The number of carbonyl (C=O) groups excluding carboxylic acids is 1. The summed E-state index contributed by atoms with van der Waals surface area (Å²) in [6.07, 6.45) is 5.87. The van der Waals surface area contributed by atoms with Crippen LogP contribution in [0, 0.1) is 12.3 Å². The summed E-state index contributed by atoms with van der Waals surface area (Å²) >= 11 is 0. The fraction of sp³-hybridized carbons (Fsp3) is 0.370. The van der Waals surface area contributed by atoms with Crippen LogP contribution in [0.5, 0.6) is 0 Å². The quantitative estimate of drug-likeness (QED) is 0.497. The van der Waals surface area contributed by atoms with Crippen molar-refractivity contribution in [3.05, 3.63) is 66.0 Å². The number of likely N-dealkylation sites (tertiary alicyclic amines) is 1. The predicted octanol–water partition coefficient (Wildman–Crippen LogP) is 4.83. The number of para-hydroxylation sites is 1. The van der Waals surface area contributed by atoms with Gasteiger partial charge < -0.3 is 14.8 Å². The molecule has 6 rings (SSSR count). The number of rotatable bonds is 3. The molecule has 4 heterocycles. The van der Waals surface area contributed by atoms with Crippen LogP contribution in [0.3, 0.4) is 0 Å². The summed E-state index contributed by atoms with van der Waals surface area (Å²) in [5.41, 5.74) is 3.05. The predicted molar refractivity (Wildman–Crippen MR) is 131 cm³/mol. The van der Waals surface area contributed by atoms with E-state index in [0.29, 0.717) is 12.5 Å². The lowest BCUT2D eigenvalue weighted by molar-refractivity contribution is -0.148. The van der Waals surface area contributed by atoms with Crippen LogP contribution in [0.1, 0.15) is 36.9 Å². The maximum absolute atomic E-state index is 13.7. The Morgan fingerprint density at radius 1 is 0.909 bits per heavy atom. The number of aryl methyl sites for hydroxylation is 1. The van der Waals surface area contributed by atoms with E-state index in [1.54, 1.807) is 0 Å². The lowest BCUT2D eigenvalue weighted by atomic mass is 9.71. The zero-order valence-electron chi connectivity index (χ0n) is 19.1. The van der Waals surface area contributed by atoms with Gasteiger partial charge in [-0.25, -0.2) is 0 Å². The summed E-state index contributed by atoms with van der Waals surface area (Å²) in [5.74, 6) is 1.28. The van der Waals surface area contributed by atoms with Crippen molar-refractivity contribution >= 4 is 33.4 Å². The number of H-pyrrole nitrogens is 1. The maximum atomic E-state index is 13.7. The van der Waals surface area contributed by atoms with E-state index in [1.165, 1.54) is 10.9 Å². The number of carbonyl (C=O) groups is 1. The number of piperidine rings is 2. The first-order valence-corrected chi connectivity index (χ1v) is 12.0. The third kappa shape index (κ3) is 3.36. The van der Waals surface area contributed by atoms with E-state index < -0.39 is 0 Å². The van der Waals surface area contributed by atoms with Crippen LogP contribution in [-0.2, 0) is 11.3 Å². The Kier molecular flexibility index (Phi) is 4.82. The molecule has 168 valence electrons. The van der Waals surface area contributed by atoms with Crippen molar-refractivity contribution < 1.29 is 4.79 Å². The van der Waals surface area contributed by atoms with Gasteiger partial charge in [0.25, 0.3) is 0 Å². The van der Waals surface area contributed by atoms with E-state index in [4.69, 9.17) is 0 Å². The van der Waals surface area contributed by atoms with Crippen molar-refractivity contribution in [3.63, 3.8) is 0 Å².